The minimum atomic E-state index is -0.159. The lowest BCUT2D eigenvalue weighted by Crippen LogP contribution is -2.26. The van der Waals surface area contributed by atoms with Crippen LogP contribution in [0.25, 0.3) is 11.3 Å². The number of rotatable bonds is 6. The molecule has 2 aromatic rings. The van der Waals surface area contributed by atoms with E-state index in [-0.39, 0.29) is 25.5 Å². The van der Waals surface area contributed by atoms with Crippen molar-refractivity contribution in [3.63, 3.8) is 0 Å². The molecule has 0 spiro atoms. The molecule has 1 aromatic carbocycles. The van der Waals surface area contributed by atoms with Gasteiger partial charge in [-0.05, 0) is 18.2 Å². The number of oxazole rings is 1. The number of nitrogens with zero attached hydrogens (tertiary/aromatic N) is 1. The second-order valence-electron chi connectivity index (χ2n) is 4.32. The normalized spacial score (nSPS) is 10.6. The van der Waals surface area contributed by atoms with Gasteiger partial charge in [0.25, 0.3) is 0 Å². The van der Waals surface area contributed by atoms with Gasteiger partial charge in [0.2, 0.25) is 5.91 Å². The number of hydrogen-bond donors (Lipinski definition) is 2. The molecule has 1 amide bonds. The lowest BCUT2D eigenvalue weighted by atomic mass is 10.2. The monoisotopic (exact) mass is 328 g/mol. The zero-order valence-corrected chi connectivity index (χ0v) is 12.6. The lowest BCUT2D eigenvalue weighted by molar-refractivity contribution is -0.121. The number of aromatic nitrogens is 1. The fourth-order valence-corrected chi connectivity index (χ4v) is 2.25. The SMILES string of the molecule is O=C(CCc1ncc(-c2ccc(Cl)cc2Cl)o1)NCCO. The Morgan fingerprint density at radius 2 is 2.19 bits per heavy atom. The smallest absolute Gasteiger partial charge is 0.220 e. The zero-order chi connectivity index (χ0) is 15.2. The van der Waals surface area contributed by atoms with Gasteiger partial charge in [-0.1, -0.05) is 23.2 Å². The molecule has 0 radical (unpaired) electrons. The van der Waals surface area contributed by atoms with E-state index in [0.29, 0.717) is 33.7 Å². The topological polar surface area (TPSA) is 75.4 Å². The molecule has 2 rings (SSSR count). The molecule has 0 aliphatic carbocycles. The molecule has 5 nitrogen and oxygen atoms in total. The van der Waals surface area contributed by atoms with Gasteiger partial charge in [-0.25, -0.2) is 4.98 Å². The second-order valence-corrected chi connectivity index (χ2v) is 5.16. The summed E-state index contributed by atoms with van der Waals surface area (Å²) in [7, 11) is 0. The minimum absolute atomic E-state index is 0.0794. The molecule has 1 heterocycles. The Balaban J connectivity index is 1.99. The predicted molar refractivity (Wildman–Crippen MR) is 80.4 cm³/mol. The van der Waals surface area contributed by atoms with Crippen LogP contribution in [-0.2, 0) is 11.2 Å². The summed E-state index contributed by atoms with van der Waals surface area (Å²) in [6.45, 7) is 0.167. The van der Waals surface area contributed by atoms with Gasteiger partial charge in [-0.15, -0.1) is 0 Å². The molecule has 21 heavy (non-hydrogen) atoms. The van der Waals surface area contributed by atoms with Gasteiger partial charge in [-0.2, -0.15) is 0 Å². The van der Waals surface area contributed by atoms with Crippen molar-refractivity contribution >= 4 is 29.1 Å². The molecular formula is C14H14Cl2N2O3. The van der Waals surface area contributed by atoms with Crippen LogP contribution >= 0.6 is 23.2 Å². The van der Waals surface area contributed by atoms with E-state index in [9.17, 15) is 4.79 Å². The van der Waals surface area contributed by atoms with Crippen molar-refractivity contribution in [2.45, 2.75) is 12.8 Å². The molecule has 1 aromatic heterocycles. The highest BCUT2D eigenvalue weighted by Gasteiger charge is 2.11. The van der Waals surface area contributed by atoms with Gasteiger partial charge in [-0.3, -0.25) is 4.79 Å². The van der Waals surface area contributed by atoms with Gasteiger partial charge in [0.05, 0.1) is 17.8 Å². The number of benzene rings is 1. The van der Waals surface area contributed by atoms with E-state index in [1.54, 1.807) is 24.4 Å². The fourth-order valence-electron chi connectivity index (χ4n) is 1.74. The first-order valence-corrected chi connectivity index (χ1v) is 7.13. The number of aliphatic hydroxyl groups is 1. The average Bonchev–Trinajstić information content (AvgIpc) is 2.91. The fraction of sp³-hybridized carbons (Fsp3) is 0.286. The van der Waals surface area contributed by atoms with Gasteiger partial charge >= 0.3 is 0 Å². The Morgan fingerprint density at radius 3 is 2.90 bits per heavy atom. The largest absolute Gasteiger partial charge is 0.441 e. The van der Waals surface area contributed by atoms with Gasteiger partial charge in [0.1, 0.15) is 0 Å². The van der Waals surface area contributed by atoms with Crippen molar-refractivity contribution < 1.29 is 14.3 Å². The highest BCUT2D eigenvalue weighted by Crippen LogP contribution is 2.30. The third-order valence-corrected chi connectivity index (χ3v) is 3.30. The number of nitrogens with one attached hydrogen (secondary N) is 1. The summed E-state index contributed by atoms with van der Waals surface area (Å²) in [6, 6.07) is 5.10. The molecule has 0 aliphatic rings. The van der Waals surface area contributed by atoms with Crippen molar-refractivity contribution in [1.29, 1.82) is 0 Å². The number of carbonyl (C=O) groups excluding carboxylic acids is 1. The number of hydrogen-bond acceptors (Lipinski definition) is 4. The van der Waals surface area contributed by atoms with Crippen LogP contribution in [0.15, 0.2) is 28.8 Å². The number of aryl methyl sites for hydroxylation is 1. The van der Waals surface area contributed by atoms with E-state index < -0.39 is 0 Å². The summed E-state index contributed by atoms with van der Waals surface area (Å²) in [6.07, 6.45) is 2.19. The molecule has 0 saturated heterocycles. The summed E-state index contributed by atoms with van der Waals surface area (Å²) in [5.41, 5.74) is 0.699. The first-order chi connectivity index (χ1) is 10.1. The minimum Gasteiger partial charge on any atom is -0.441 e. The van der Waals surface area contributed by atoms with Crippen molar-refractivity contribution in [3.8, 4) is 11.3 Å². The Kier molecular flexibility index (Phi) is 5.61. The van der Waals surface area contributed by atoms with Gasteiger partial charge < -0.3 is 14.8 Å². The summed E-state index contributed by atoms with van der Waals surface area (Å²) in [4.78, 5) is 15.5. The van der Waals surface area contributed by atoms with Crippen molar-refractivity contribution in [1.82, 2.24) is 10.3 Å². The molecule has 0 saturated carbocycles. The van der Waals surface area contributed by atoms with Gasteiger partial charge in [0.15, 0.2) is 11.7 Å². The van der Waals surface area contributed by atoms with E-state index in [1.807, 2.05) is 0 Å². The predicted octanol–water partition coefficient (Wildman–Crippen LogP) is 2.69. The standard InChI is InChI=1S/C14H14Cl2N2O3/c15-9-1-2-10(11(16)7-9)12-8-18-14(21-12)4-3-13(20)17-5-6-19/h1-2,7-8,19H,3-6H2,(H,17,20). The van der Waals surface area contributed by atoms with E-state index in [2.05, 4.69) is 10.3 Å². The Labute approximate surface area is 131 Å². The number of carbonyl (C=O) groups is 1. The highest BCUT2D eigenvalue weighted by molar-refractivity contribution is 6.36. The lowest BCUT2D eigenvalue weighted by Gasteiger charge is -2.01. The molecule has 112 valence electrons. The van der Waals surface area contributed by atoms with Gasteiger partial charge in [0, 0.05) is 30.0 Å². The summed E-state index contributed by atoms with van der Waals surface area (Å²) in [5.74, 6) is 0.825. The third kappa shape index (κ3) is 4.46. The van der Waals surface area contributed by atoms with Crippen LogP contribution in [0.3, 0.4) is 0 Å². The number of amides is 1. The molecule has 2 N–H and O–H groups in total. The molecule has 0 bridgehead atoms. The number of halogens is 2. The average molecular weight is 329 g/mol. The Morgan fingerprint density at radius 1 is 1.38 bits per heavy atom. The van der Waals surface area contributed by atoms with Crippen LogP contribution in [0.1, 0.15) is 12.3 Å². The first-order valence-electron chi connectivity index (χ1n) is 6.38. The van der Waals surface area contributed by atoms with E-state index in [0.717, 1.165) is 0 Å². The van der Waals surface area contributed by atoms with Crippen LogP contribution in [0, 0.1) is 0 Å². The van der Waals surface area contributed by atoms with Crippen LogP contribution < -0.4 is 5.32 Å². The molecular weight excluding hydrogens is 315 g/mol. The molecule has 0 atom stereocenters. The van der Waals surface area contributed by atoms with Crippen LogP contribution in [0.5, 0.6) is 0 Å². The summed E-state index contributed by atoms with van der Waals surface area (Å²) in [5, 5.41) is 12.2. The van der Waals surface area contributed by atoms with E-state index >= 15 is 0 Å². The third-order valence-electron chi connectivity index (χ3n) is 2.75. The molecule has 0 aliphatic heterocycles. The maximum absolute atomic E-state index is 11.4. The van der Waals surface area contributed by atoms with Crippen LogP contribution in [-0.4, -0.2) is 29.1 Å². The highest BCUT2D eigenvalue weighted by atomic mass is 35.5. The maximum Gasteiger partial charge on any atom is 0.220 e. The van der Waals surface area contributed by atoms with Crippen molar-refractivity contribution in [3.05, 3.63) is 40.3 Å². The summed E-state index contributed by atoms with van der Waals surface area (Å²) < 4.78 is 5.58. The van der Waals surface area contributed by atoms with Crippen LogP contribution in [0.4, 0.5) is 0 Å². The maximum atomic E-state index is 11.4. The Hall–Kier alpha value is -1.56. The van der Waals surface area contributed by atoms with Crippen molar-refractivity contribution in [2.24, 2.45) is 0 Å². The second kappa shape index (κ2) is 7.45. The molecule has 0 unspecified atom stereocenters. The zero-order valence-electron chi connectivity index (χ0n) is 11.1. The quantitative estimate of drug-likeness (QED) is 0.854. The molecule has 7 heteroatoms. The summed E-state index contributed by atoms with van der Waals surface area (Å²) >= 11 is 11.9. The van der Waals surface area contributed by atoms with Crippen molar-refractivity contribution in [2.75, 3.05) is 13.2 Å². The number of aliphatic hydroxyl groups excluding tert-OH is 1. The Bertz CT molecular complexity index is 628. The molecule has 0 fully saturated rings. The first kappa shape index (κ1) is 15.8. The van der Waals surface area contributed by atoms with E-state index in [1.165, 1.54) is 0 Å². The van der Waals surface area contributed by atoms with E-state index in [4.69, 9.17) is 32.7 Å². The van der Waals surface area contributed by atoms with Crippen LogP contribution in [0.2, 0.25) is 10.0 Å².